The van der Waals surface area contributed by atoms with Gasteiger partial charge < -0.3 is 55.3 Å². The van der Waals surface area contributed by atoms with E-state index >= 15 is 0 Å². The van der Waals surface area contributed by atoms with Crippen LogP contribution >= 0.6 is 15.6 Å². The second-order valence-electron chi connectivity index (χ2n) is 18.1. The predicted octanol–water partition coefficient (Wildman–Crippen LogP) is 5.12. The van der Waals surface area contributed by atoms with Crippen molar-refractivity contribution in [3.05, 3.63) is 34.9 Å². The lowest BCUT2D eigenvalue weighted by Crippen LogP contribution is -2.52. The lowest BCUT2D eigenvalue weighted by atomic mass is 9.82. The van der Waals surface area contributed by atoms with Crippen molar-refractivity contribution in [2.45, 2.75) is 192 Å². The minimum Gasteiger partial charge on any atom is -0.462 e. The van der Waals surface area contributed by atoms with Crippen LogP contribution < -0.4 is 11.4 Å². The number of esters is 2. The number of cyclic esters (lactones) is 1. The van der Waals surface area contributed by atoms with E-state index in [9.17, 15) is 58.8 Å². The van der Waals surface area contributed by atoms with Crippen LogP contribution in [0, 0.1) is 17.8 Å². The van der Waals surface area contributed by atoms with Crippen LogP contribution in [0.5, 0.6) is 0 Å². The van der Waals surface area contributed by atoms with Crippen molar-refractivity contribution in [2.75, 3.05) is 25.6 Å². The Morgan fingerprint density at radius 1 is 0.910 bits per heavy atom. The minimum absolute atomic E-state index is 0.0863. The highest BCUT2D eigenvalue weighted by molar-refractivity contribution is 7.61. The summed E-state index contributed by atoms with van der Waals surface area (Å²) in [7, 11) is -11.2. The largest absolute Gasteiger partial charge is 0.481 e. The molecular weight excluding hydrogens is 920 g/mol. The summed E-state index contributed by atoms with van der Waals surface area (Å²) in [6, 6.07) is 1.26. The number of nitrogens with two attached hydrogens (primary N) is 1. The van der Waals surface area contributed by atoms with E-state index in [-0.39, 0.29) is 25.1 Å². The smallest absolute Gasteiger partial charge is 0.462 e. The third kappa shape index (κ3) is 22.3. The maximum absolute atomic E-state index is 13.3. The molecule has 2 aliphatic heterocycles. The summed E-state index contributed by atoms with van der Waals surface area (Å²) in [6.07, 6.45) is 1.67. The van der Waals surface area contributed by atoms with Crippen LogP contribution in [0.4, 0.5) is 5.82 Å². The molecule has 67 heavy (non-hydrogen) atoms. The van der Waals surface area contributed by atoms with Gasteiger partial charge in [0.25, 0.3) is 0 Å². The van der Waals surface area contributed by atoms with Crippen molar-refractivity contribution in [2.24, 2.45) is 17.8 Å². The first kappa shape index (κ1) is 58.7. The van der Waals surface area contributed by atoms with Crippen LogP contribution in [0.1, 0.15) is 149 Å². The van der Waals surface area contributed by atoms with Gasteiger partial charge in [0.05, 0.1) is 37.6 Å². The number of nitrogens with zero attached hydrogens (tertiary/aromatic N) is 2. The number of ether oxygens (including phenoxy) is 3. The zero-order valence-corrected chi connectivity index (χ0v) is 41.0. The second kappa shape index (κ2) is 30.2. The number of hydrogen-bond donors (Lipinski definition) is 8. The van der Waals surface area contributed by atoms with Crippen molar-refractivity contribution in [1.29, 1.82) is 0 Å². The molecule has 1 aromatic heterocycles. The van der Waals surface area contributed by atoms with Crippen LogP contribution in [0.15, 0.2) is 29.2 Å². The number of aliphatic hydroxyl groups excluding tert-OH is 5. The molecular formula is C44H77N3O18P2. The molecule has 0 aliphatic carbocycles. The average molecular weight is 998 g/mol. The molecule has 2 aliphatic rings. The van der Waals surface area contributed by atoms with Crippen molar-refractivity contribution in [3.8, 4) is 0 Å². The maximum atomic E-state index is 13.3. The first-order chi connectivity index (χ1) is 31.7. The first-order valence-electron chi connectivity index (χ1n) is 23.8. The number of hydrogen-bond acceptors (Lipinski definition) is 18. The molecule has 0 saturated carbocycles. The lowest BCUT2D eigenvalue weighted by molar-refractivity contribution is -0.195. The van der Waals surface area contributed by atoms with Crippen LogP contribution in [0.2, 0.25) is 0 Å². The Kier molecular flexibility index (Phi) is 26.4. The van der Waals surface area contributed by atoms with Gasteiger partial charge in [0.2, 0.25) is 0 Å². The van der Waals surface area contributed by atoms with Gasteiger partial charge in [0, 0.05) is 37.3 Å². The molecule has 3 rings (SSSR count). The molecule has 23 heteroatoms. The highest BCUT2D eigenvalue weighted by Crippen LogP contribution is 2.60. The zero-order chi connectivity index (χ0) is 49.6. The molecule has 0 radical (unpaired) electrons. The molecule has 0 amide bonds. The van der Waals surface area contributed by atoms with Gasteiger partial charge in [-0.2, -0.15) is 9.29 Å². The number of phosphoric acid groups is 2. The summed E-state index contributed by atoms with van der Waals surface area (Å²) in [5, 5.41) is 57.3. The average Bonchev–Trinajstić information content (AvgIpc) is 3.24. The Bertz CT molecular complexity index is 1800. The number of nitrogen functional groups attached to an aromatic ring is 1. The molecule has 2 fully saturated rings. The van der Waals surface area contributed by atoms with E-state index in [4.69, 9.17) is 29.0 Å². The van der Waals surface area contributed by atoms with Gasteiger partial charge in [-0.15, -0.1) is 0 Å². The SMILES string of the molecule is CCCCC[C@H](O)/C=C\[C@@H]1[C@H](O)[C@H](O)[C@H]2COP(=O)(O)OP(=O)(O)OC[C@@H](COC(=O)CCCCCCCCC(C)C)OC(=O)CCCCCC[C@H]([C@H](n3ccc(N)nc3=O)O2)[C@@H](O)C[C@H]1O. The number of aromatic nitrogens is 2. The Hall–Kier alpha value is -2.62. The van der Waals surface area contributed by atoms with Gasteiger partial charge in [0.1, 0.15) is 30.9 Å². The molecule has 0 spiro atoms. The lowest BCUT2D eigenvalue weighted by Gasteiger charge is -2.41. The van der Waals surface area contributed by atoms with E-state index in [0.29, 0.717) is 50.9 Å². The van der Waals surface area contributed by atoms with E-state index < -0.39 is 120 Å². The third-order valence-corrected chi connectivity index (χ3v) is 14.5. The number of rotatable bonds is 18. The maximum Gasteiger partial charge on any atom is 0.481 e. The number of carbonyl (C=O) groups is 2. The van der Waals surface area contributed by atoms with Crippen molar-refractivity contribution < 1.29 is 81.6 Å². The molecule has 21 nitrogen and oxygen atoms in total. The highest BCUT2D eigenvalue weighted by Gasteiger charge is 2.45. The summed E-state index contributed by atoms with van der Waals surface area (Å²) < 4.78 is 58.9. The fourth-order valence-electron chi connectivity index (χ4n) is 8.04. The molecule has 3 heterocycles. The summed E-state index contributed by atoms with van der Waals surface area (Å²) in [5.41, 5.74) is 4.80. The molecule has 2 bridgehead atoms. The normalized spacial score (nSPS) is 31.9. The molecule has 9 N–H and O–H groups in total. The Labute approximate surface area is 393 Å². The molecule has 0 aromatic carbocycles. The second-order valence-corrected chi connectivity index (χ2v) is 21.1. The fraction of sp³-hybridized carbons (Fsp3) is 0.818. The van der Waals surface area contributed by atoms with Gasteiger partial charge >= 0.3 is 33.3 Å². The summed E-state index contributed by atoms with van der Waals surface area (Å²) in [6.45, 7) is 3.70. The molecule has 2 saturated heterocycles. The van der Waals surface area contributed by atoms with Crippen molar-refractivity contribution in [3.63, 3.8) is 0 Å². The van der Waals surface area contributed by atoms with Crippen LogP contribution in [-0.4, -0.2) is 119 Å². The Morgan fingerprint density at radius 3 is 2.25 bits per heavy atom. The highest BCUT2D eigenvalue weighted by atomic mass is 31.3. The van der Waals surface area contributed by atoms with Crippen LogP contribution in [0.25, 0.3) is 0 Å². The Balaban J connectivity index is 1.90. The van der Waals surface area contributed by atoms with Gasteiger partial charge in [-0.1, -0.05) is 110 Å². The predicted molar refractivity (Wildman–Crippen MR) is 245 cm³/mol. The number of aliphatic hydroxyl groups is 5. The molecule has 2 unspecified atom stereocenters. The van der Waals surface area contributed by atoms with Gasteiger partial charge in [-0.25, -0.2) is 13.9 Å². The quantitative estimate of drug-likeness (QED) is 0.0409. The topological polar surface area (TPSA) is 326 Å². The van der Waals surface area contributed by atoms with Crippen molar-refractivity contribution in [1.82, 2.24) is 9.55 Å². The summed E-state index contributed by atoms with van der Waals surface area (Å²) in [5.74, 6) is -3.32. The summed E-state index contributed by atoms with van der Waals surface area (Å²) >= 11 is 0. The fourth-order valence-corrected chi connectivity index (χ4v) is 10.2. The van der Waals surface area contributed by atoms with Crippen LogP contribution in [0.3, 0.4) is 0 Å². The van der Waals surface area contributed by atoms with E-state index in [2.05, 4.69) is 23.1 Å². The summed E-state index contributed by atoms with van der Waals surface area (Å²) in [4.78, 5) is 63.9. The number of carbonyl (C=O) groups excluding carboxylic acids is 2. The van der Waals surface area contributed by atoms with Crippen molar-refractivity contribution >= 4 is 33.4 Å². The standard InChI is InChI=1S/C44H77N3O18P2/c1-4-5-12-18-31(48)22-23-33-35(49)26-36(50)34-19-14-10-11-16-21-40(52)63-32(27-60-39(51)20-15-9-7-6-8-13-17-30(2)3)28-61-66(56,57)65-67(58,59)62-29-37(42(54)41(33)53)64-43(34)47-25-24-38(45)46-44(47)55/h22-25,30-37,41-43,48-50,53-54H,4-21,26-29H2,1-3H3,(H,56,57)(H,58,59)(H2,45,46,55)/b23-22-/t31-,32+,33-,34-,35+,36-,37+,41-,42+,43+/m0/s1. The van der Waals surface area contributed by atoms with Gasteiger partial charge in [-0.3, -0.25) is 23.2 Å². The van der Waals surface area contributed by atoms with Crippen LogP contribution in [-0.2, 0) is 46.3 Å². The van der Waals surface area contributed by atoms with E-state index in [0.717, 1.165) is 49.5 Å². The van der Waals surface area contributed by atoms with Gasteiger partial charge in [0.15, 0.2) is 6.10 Å². The number of phosphoric ester groups is 2. The van der Waals surface area contributed by atoms with E-state index in [1.807, 2.05) is 6.92 Å². The number of anilines is 1. The first-order valence-corrected chi connectivity index (χ1v) is 26.8. The third-order valence-electron chi connectivity index (χ3n) is 11.9. The molecule has 1 aromatic rings. The minimum atomic E-state index is -5.68. The monoisotopic (exact) mass is 997 g/mol. The van der Waals surface area contributed by atoms with E-state index in [1.54, 1.807) is 0 Å². The Morgan fingerprint density at radius 2 is 1.57 bits per heavy atom. The molecule has 12 atom stereocenters. The van der Waals surface area contributed by atoms with E-state index in [1.165, 1.54) is 30.8 Å². The van der Waals surface area contributed by atoms with Gasteiger partial charge in [-0.05, 0) is 37.7 Å². The number of unbranched alkanes of at least 4 members (excludes halogenated alkanes) is 7. The zero-order valence-electron chi connectivity index (χ0n) is 39.2. The molecule has 386 valence electrons. The number of fused-ring (bicyclic) bond motifs is 3.